The molecule has 0 amide bonds. The van der Waals surface area contributed by atoms with E-state index in [1.165, 1.54) is 24.0 Å². The summed E-state index contributed by atoms with van der Waals surface area (Å²) in [5, 5.41) is 1.47. The Balaban J connectivity index is 1.97. The average Bonchev–Trinajstić information content (AvgIpc) is 2.83. The molecule has 2 atom stereocenters. The molecule has 0 aromatic heterocycles. The minimum atomic E-state index is 0.260. The zero-order valence-corrected chi connectivity index (χ0v) is 15.1. The van der Waals surface area contributed by atoms with Crippen molar-refractivity contribution >= 4 is 17.5 Å². The van der Waals surface area contributed by atoms with Crippen LogP contribution in [0.4, 0.5) is 0 Å². The fourth-order valence-corrected chi connectivity index (χ4v) is 5.89. The quantitative estimate of drug-likeness (QED) is 0.654. The largest absolute Gasteiger partial charge is 0.294 e. The van der Waals surface area contributed by atoms with E-state index in [1.54, 1.807) is 0 Å². The van der Waals surface area contributed by atoms with Crippen LogP contribution in [0.5, 0.6) is 0 Å². The number of carbonyl (C=O) groups excluding carboxylic acids is 1. The molecule has 22 heavy (non-hydrogen) atoms. The maximum absolute atomic E-state index is 13.4. The molecule has 0 aliphatic carbocycles. The first-order valence-electron chi connectivity index (χ1n) is 8.79. The number of hydrogen-bond donors (Lipinski definition) is 0. The zero-order valence-electron chi connectivity index (χ0n) is 14.3. The van der Waals surface area contributed by atoms with Gasteiger partial charge in [0.1, 0.15) is 0 Å². The van der Waals surface area contributed by atoms with Crippen LogP contribution in [0.1, 0.15) is 86.7 Å². The fourth-order valence-electron chi connectivity index (χ4n) is 4.11. The maximum Gasteiger partial charge on any atom is 0.166 e. The maximum atomic E-state index is 13.4. The lowest BCUT2D eigenvalue weighted by molar-refractivity contribution is 0.0904. The third-order valence-corrected chi connectivity index (χ3v) is 6.91. The van der Waals surface area contributed by atoms with Gasteiger partial charge in [0.15, 0.2) is 5.78 Å². The Morgan fingerprint density at radius 1 is 1.00 bits per heavy atom. The Labute approximate surface area is 139 Å². The summed E-state index contributed by atoms with van der Waals surface area (Å²) in [6.07, 6.45) is 4.85. The molecule has 1 aromatic rings. The molecule has 1 aromatic carbocycles. The second kappa shape index (κ2) is 6.39. The van der Waals surface area contributed by atoms with Crippen LogP contribution in [-0.2, 0) is 0 Å². The van der Waals surface area contributed by atoms with Crippen LogP contribution < -0.4 is 0 Å². The highest BCUT2D eigenvalue weighted by Crippen LogP contribution is 2.47. The third-order valence-electron chi connectivity index (χ3n) is 5.28. The molecule has 2 aliphatic rings. The van der Waals surface area contributed by atoms with Crippen LogP contribution in [0.25, 0.3) is 0 Å². The first-order valence-corrected chi connectivity index (χ1v) is 9.74. The minimum absolute atomic E-state index is 0.260. The molecule has 2 aliphatic heterocycles. The SMILES string of the molecule is CC(C)c1cccc(C(C)C)c1C(=O)C1CC2CCC(C1)S2. The van der Waals surface area contributed by atoms with E-state index in [1.807, 2.05) is 0 Å². The van der Waals surface area contributed by atoms with Gasteiger partial charge in [0.25, 0.3) is 0 Å². The van der Waals surface area contributed by atoms with Crippen molar-refractivity contribution in [3.05, 3.63) is 34.9 Å². The first-order chi connectivity index (χ1) is 10.5. The number of benzene rings is 1. The Morgan fingerprint density at radius 3 is 1.95 bits per heavy atom. The summed E-state index contributed by atoms with van der Waals surface area (Å²) >= 11 is 2.14. The summed E-state index contributed by atoms with van der Waals surface area (Å²) in [6, 6.07) is 6.45. The van der Waals surface area contributed by atoms with Gasteiger partial charge in [-0.2, -0.15) is 11.8 Å². The number of ketones is 1. The van der Waals surface area contributed by atoms with Crippen LogP contribution in [0.15, 0.2) is 18.2 Å². The number of carbonyl (C=O) groups is 1. The molecular formula is C20H28OS. The summed E-state index contributed by atoms with van der Waals surface area (Å²) in [5.74, 6) is 1.51. The van der Waals surface area contributed by atoms with Crippen molar-refractivity contribution < 1.29 is 4.79 Å². The summed E-state index contributed by atoms with van der Waals surface area (Å²) in [7, 11) is 0. The number of hydrogen-bond acceptors (Lipinski definition) is 2. The third kappa shape index (κ3) is 2.99. The Morgan fingerprint density at radius 2 is 1.50 bits per heavy atom. The van der Waals surface area contributed by atoms with Gasteiger partial charge in [-0.3, -0.25) is 4.79 Å². The molecule has 2 bridgehead atoms. The summed E-state index contributed by atoms with van der Waals surface area (Å²) in [6.45, 7) is 8.82. The van der Waals surface area contributed by atoms with Gasteiger partial charge < -0.3 is 0 Å². The van der Waals surface area contributed by atoms with E-state index in [-0.39, 0.29) is 5.92 Å². The van der Waals surface area contributed by atoms with Crippen molar-refractivity contribution in [2.75, 3.05) is 0 Å². The van der Waals surface area contributed by atoms with E-state index >= 15 is 0 Å². The predicted octanol–water partition coefficient (Wildman–Crippen LogP) is 5.79. The van der Waals surface area contributed by atoms with E-state index in [0.717, 1.165) is 28.9 Å². The van der Waals surface area contributed by atoms with E-state index in [4.69, 9.17) is 0 Å². The van der Waals surface area contributed by atoms with Gasteiger partial charge in [0.05, 0.1) is 0 Å². The van der Waals surface area contributed by atoms with Gasteiger partial charge in [-0.25, -0.2) is 0 Å². The predicted molar refractivity (Wildman–Crippen MR) is 96.1 cm³/mol. The lowest BCUT2D eigenvalue weighted by Crippen LogP contribution is -2.26. The number of Topliss-reactive ketones (excluding diaryl/α,β-unsaturated/α-hetero) is 1. The molecule has 0 N–H and O–H groups in total. The Bertz CT molecular complexity index is 523. The molecule has 0 saturated carbocycles. The molecule has 0 radical (unpaired) electrons. The van der Waals surface area contributed by atoms with E-state index < -0.39 is 0 Å². The van der Waals surface area contributed by atoms with E-state index in [2.05, 4.69) is 57.7 Å². The van der Waals surface area contributed by atoms with Gasteiger partial charge in [-0.15, -0.1) is 0 Å². The molecular weight excluding hydrogens is 288 g/mol. The van der Waals surface area contributed by atoms with Crippen molar-refractivity contribution in [3.63, 3.8) is 0 Å². The van der Waals surface area contributed by atoms with E-state index in [0.29, 0.717) is 17.6 Å². The lowest BCUT2D eigenvalue weighted by atomic mass is 9.81. The van der Waals surface area contributed by atoms with Crippen molar-refractivity contribution in [1.82, 2.24) is 0 Å². The van der Waals surface area contributed by atoms with Crippen molar-refractivity contribution in [1.29, 1.82) is 0 Å². The van der Waals surface area contributed by atoms with Crippen LogP contribution in [0.3, 0.4) is 0 Å². The van der Waals surface area contributed by atoms with Crippen molar-refractivity contribution in [2.45, 2.75) is 75.7 Å². The van der Waals surface area contributed by atoms with Crippen molar-refractivity contribution in [2.24, 2.45) is 5.92 Å². The molecule has 120 valence electrons. The zero-order chi connectivity index (χ0) is 15.9. The van der Waals surface area contributed by atoms with Crippen LogP contribution >= 0.6 is 11.8 Å². The molecule has 0 spiro atoms. The molecule has 2 heteroatoms. The Hall–Kier alpha value is -0.760. The van der Waals surface area contributed by atoms with Gasteiger partial charge in [0, 0.05) is 22.0 Å². The average molecular weight is 317 g/mol. The first kappa shape index (κ1) is 16.1. The minimum Gasteiger partial charge on any atom is -0.294 e. The molecule has 1 nitrogen and oxygen atoms in total. The molecule has 2 unspecified atom stereocenters. The van der Waals surface area contributed by atoms with Crippen LogP contribution in [-0.4, -0.2) is 16.3 Å². The smallest absolute Gasteiger partial charge is 0.166 e. The number of rotatable bonds is 4. The highest BCUT2D eigenvalue weighted by atomic mass is 32.2. The summed E-state index contributed by atoms with van der Waals surface area (Å²) < 4.78 is 0. The van der Waals surface area contributed by atoms with Gasteiger partial charge in [-0.05, 0) is 48.6 Å². The summed E-state index contributed by atoms with van der Waals surface area (Å²) in [5.41, 5.74) is 3.56. The van der Waals surface area contributed by atoms with Crippen LogP contribution in [0, 0.1) is 5.92 Å². The van der Waals surface area contributed by atoms with E-state index in [9.17, 15) is 4.79 Å². The van der Waals surface area contributed by atoms with Gasteiger partial charge in [-0.1, -0.05) is 45.9 Å². The fraction of sp³-hybridized carbons (Fsp3) is 0.650. The topological polar surface area (TPSA) is 17.1 Å². The normalized spacial score (nSPS) is 27.6. The second-order valence-corrected chi connectivity index (χ2v) is 9.22. The number of fused-ring (bicyclic) bond motifs is 2. The Kier molecular flexibility index (Phi) is 4.68. The molecule has 2 heterocycles. The molecule has 2 fully saturated rings. The highest BCUT2D eigenvalue weighted by molar-refractivity contribution is 8.00. The van der Waals surface area contributed by atoms with Gasteiger partial charge >= 0.3 is 0 Å². The van der Waals surface area contributed by atoms with Gasteiger partial charge in [0.2, 0.25) is 0 Å². The monoisotopic (exact) mass is 316 g/mol. The molecule has 3 rings (SSSR count). The number of thioether (sulfide) groups is 1. The standard InChI is InChI=1S/C20H28OS/c1-12(2)17-6-5-7-18(13(3)4)19(17)20(21)14-10-15-8-9-16(11-14)22-15/h5-7,12-16H,8-11H2,1-4H3. The lowest BCUT2D eigenvalue weighted by Gasteiger charge is -2.28. The highest BCUT2D eigenvalue weighted by Gasteiger charge is 2.39. The van der Waals surface area contributed by atoms with Crippen molar-refractivity contribution in [3.8, 4) is 0 Å². The second-order valence-electron chi connectivity index (χ2n) is 7.61. The molecule has 2 saturated heterocycles. The summed E-state index contributed by atoms with van der Waals surface area (Å²) in [4.78, 5) is 13.4. The van der Waals surface area contributed by atoms with Crippen LogP contribution in [0.2, 0.25) is 0 Å².